The molecular formula is C27H38N2O5. The number of amides is 2. The summed E-state index contributed by atoms with van der Waals surface area (Å²) in [7, 11) is 2.99. The zero-order chi connectivity index (χ0) is 24.4. The molecule has 2 atom stereocenters. The first-order chi connectivity index (χ1) is 16.5. The van der Waals surface area contributed by atoms with E-state index < -0.39 is 17.3 Å². The molecular weight excluding hydrogens is 432 g/mol. The number of rotatable bonds is 12. The number of unbranched alkanes of at least 4 members (excludes halogenated alkanes) is 1. The predicted molar refractivity (Wildman–Crippen MR) is 130 cm³/mol. The second-order valence-electron chi connectivity index (χ2n) is 9.18. The molecule has 7 nitrogen and oxygen atoms in total. The van der Waals surface area contributed by atoms with Crippen LogP contribution in [0.2, 0.25) is 0 Å². The first kappa shape index (κ1) is 25.9. The monoisotopic (exact) mass is 470 g/mol. The van der Waals surface area contributed by atoms with E-state index in [0.29, 0.717) is 32.5 Å². The van der Waals surface area contributed by atoms with Gasteiger partial charge in [0.1, 0.15) is 5.41 Å². The molecule has 3 rings (SSSR count). The standard InChI is InChI=1S/C27H38N2O5/c1-33-19-11-18-29-23-15-7-4-9-16-27(23,26(32)34-2)22(25(29)31)20-24(30)28-17-10-8-14-21-12-5-3-6-13-21/h3,5-6,12-13,15,22H,4,7-11,14,16-20H2,1-2H3,(H,28,30)/t22-,27+/m0/s1. The van der Waals surface area contributed by atoms with Gasteiger partial charge < -0.3 is 19.7 Å². The summed E-state index contributed by atoms with van der Waals surface area (Å²) in [6.07, 6.45) is 8.55. The molecule has 0 spiro atoms. The Bertz CT molecular complexity index is 869. The Labute approximate surface area is 202 Å². The van der Waals surface area contributed by atoms with Crippen molar-refractivity contribution in [2.45, 2.75) is 57.8 Å². The van der Waals surface area contributed by atoms with Gasteiger partial charge in [0.05, 0.1) is 13.0 Å². The van der Waals surface area contributed by atoms with Crippen LogP contribution in [0.15, 0.2) is 42.1 Å². The van der Waals surface area contributed by atoms with Crippen molar-refractivity contribution in [3.63, 3.8) is 0 Å². The summed E-state index contributed by atoms with van der Waals surface area (Å²) >= 11 is 0. The number of hydrogen-bond acceptors (Lipinski definition) is 5. The molecule has 0 saturated carbocycles. The van der Waals surface area contributed by atoms with E-state index in [4.69, 9.17) is 9.47 Å². The fraction of sp³-hybridized carbons (Fsp3) is 0.593. The molecule has 0 radical (unpaired) electrons. The number of esters is 1. The van der Waals surface area contributed by atoms with Gasteiger partial charge in [0.25, 0.3) is 0 Å². The van der Waals surface area contributed by atoms with E-state index in [1.807, 2.05) is 24.3 Å². The molecule has 0 bridgehead atoms. The van der Waals surface area contributed by atoms with Gasteiger partial charge in [-0.15, -0.1) is 0 Å². The van der Waals surface area contributed by atoms with Gasteiger partial charge in [-0.3, -0.25) is 14.4 Å². The highest BCUT2D eigenvalue weighted by Crippen LogP contribution is 2.52. The molecule has 1 aromatic rings. The minimum Gasteiger partial charge on any atom is -0.468 e. The molecule has 0 aromatic heterocycles. The van der Waals surface area contributed by atoms with Crippen LogP contribution in [0, 0.1) is 11.3 Å². The van der Waals surface area contributed by atoms with Gasteiger partial charge in [0.15, 0.2) is 0 Å². The number of benzene rings is 1. The summed E-state index contributed by atoms with van der Waals surface area (Å²) < 4.78 is 10.4. The van der Waals surface area contributed by atoms with E-state index in [9.17, 15) is 14.4 Å². The number of aryl methyl sites for hydroxylation is 1. The summed E-state index contributed by atoms with van der Waals surface area (Å²) in [6, 6.07) is 10.3. The molecule has 1 heterocycles. The topological polar surface area (TPSA) is 84.9 Å². The maximum Gasteiger partial charge on any atom is 0.318 e. The fourth-order valence-electron chi connectivity index (χ4n) is 5.29. The van der Waals surface area contributed by atoms with Gasteiger partial charge >= 0.3 is 5.97 Å². The first-order valence-electron chi connectivity index (χ1n) is 12.4. The Balaban J connectivity index is 1.66. The minimum absolute atomic E-state index is 0.00919. The van der Waals surface area contributed by atoms with Crippen molar-refractivity contribution < 1.29 is 23.9 Å². The Morgan fingerprint density at radius 3 is 2.65 bits per heavy atom. The number of nitrogens with zero attached hydrogens (tertiary/aromatic N) is 1. The smallest absolute Gasteiger partial charge is 0.318 e. The lowest BCUT2D eigenvalue weighted by Gasteiger charge is -2.31. The average Bonchev–Trinajstić information content (AvgIpc) is 2.98. The molecule has 186 valence electrons. The van der Waals surface area contributed by atoms with Gasteiger partial charge in [-0.25, -0.2) is 0 Å². The largest absolute Gasteiger partial charge is 0.468 e. The van der Waals surface area contributed by atoms with Crippen LogP contribution in [0.1, 0.15) is 56.9 Å². The molecule has 0 unspecified atom stereocenters. The Hall–Kier alpha value is -2.67. The van der Waals surface area contributed by atoms with Gasteiger partial charge in [-0.2, -0.15) is 0 Å². The highest BCUT2D eigenvalue weighted by Gasteiger charge is 2.61. The normalized spacial score (nSPS) is 22.1. The van der Waals surface area contributed by atoms with Gasteiger partial charge in [-0.1, -0.05) is 42.8 Å². The fourth-order valence-corrected chi connectivity index (χ4v) is 5.29. The summed E-state index contributed by atoms with van der Waals surface area (Å²) in [5.41, 5.74) is 0.922. The average molecular weight is 471 g/mol. The third-order valence-corrected chi connectivity index (χ3v) is 7.00. The Morgan fingerprint density at radius 1 is 1.12 bits per heavy atom. The van der Waals surface area contributed by atoms with Crippen molar-refractivity contribution in [3.8, 4) is 0 Å². The number of likely N-dealkylation sites (tertiary alicyclic amines) is 1. The maximum absolute atomic E-state index is 13.5. The first-order valence-corrected chi connectivity index (χ1v) is 12.4. The number of allylic oxidation sites excluding steroid dienone is 1. The van der Waals surface area contributed by atoms with Crippen LogP contribution in [0.5, 0.6) is 0 Å². The van der Waals surface area contributed by atoms with E-state index in [0.717, 1.165) is 44.2 Å². The molecule has 1 aliphatic heterocycles. The SMILES string of the molecule is COCCCN1C(=O)[C@H](CC(=O)NCCCCc2ccccc2)[C@]2(C(=O)OC)CCCCC=C12. The molecule has 1 saturated heterocycles. The molecule has 1 aliphatic carbocycles. The lowest BCUT2D eigenvalue weighted by molar-refractivity contribution is -0.155. The van der Waals surface area contributed by atoms with E-state index >= 15 is 0 Å². The number of fused-ring (bicyclic) bond motifs is 1. The quantitative estimate of drug-likeness (QED) is 0.373. The zero-order valence-corrected chi connectivity index (χ0v) is 20.5. The van der Waals surface area contributed by atoms with Crippen LogP contribution in [0.3, 0.4) is 0 Å². The van der Waals surface area contributed by atoms with Crippen LogP contribution in [-0.4, -0.2) is 56.6 Å². The van der Waals surface area contributed by atoms with Crippen molar-refractivity contribution in [3.05, 3.63) is 47.7 Å². The molecule has 2 aliphatic rings. The molecule has 1 N–H and O–H groups in total. The Kier molecular flexibility index (Phi) is 9.69. The van der Waals surface area contributed by atoms with Crippen molar-refractivity contribution >= 4 is 17.8 Å². The number of methoxy groups -OCH3 is 2. The molecule has 2 amide bonds. The molecule has 1 aromatic carbocycles. The van der Waals surface area contributed by atoms with Crippen molar-refractivity contribution in [2.24, 2.45) is 11.3 Å². The molecule has 34 heavy (non-hydrogen) atoms. The van der Waals surface area contributed by atoms with E-state index in [-0.39, 0.29) is 18.2 Å². The van der Waals surface area contributed by atoms with Crippen molar-refractivity contribution in [2.75, 3.05) is 33.9 Å². The van der Waals surface area contributed by atoms with E-state index in [1.165, 1.54) is 12.7 Å². The lowest BCUT2D eigenvalue weighted by Crippen LogP contribution is -2.41. The molecule has 7 heteroatoms. The summed E-state index contributed by atoms with van der Waals surface area (Å²) in [6.45, 7) is 1.54. The highest BCUT2D eigenvalue weighted by atomic mass is 16.5. The van der Waals surface area contributed by atoms with Crippen LogP contribution in [-0.2, 0) is 30.3 Å². The second kappa shape index (κ2) is 12.7. The van der Waals surface area contributed by atoms with E-state index in [2.05, 4.69) is 17.4 Å². The van der Waals surface area contributed by atoms with Gasteiger partial charge in [0, 0.05) is 38.9 Å². The second-order valence-corrected chi connectivity index (χ2v) is 9.18. The number of nitrogens with one attached hydrogen (secondary N) is 1. The van der Waals surface area contributed by atoms with Crippen molar-refractivity contribution in [1.29, 1.82) is 0 Å². The van der Waals surface area contributed by atoms with Crippen LogP contribution in [0.4, 0.5) is 0 Å². The Morgan fingerprint density at radius 2 is 1.91 bits per heavy atom. The predicted octanol–water partition coefficient (Wildman–Crippen LogP) is 3.63. The van der Waals surface area contributed by atoms with Gasteiger partial charge in [-0.05, 0) is 50.5 Å². The maximum atomic E-state index is 13.5. The lowest BCUT2D eigenvalue weighted by atomic mass is 9.71. The van der Waals surface area contributed by atoms with Crippen molar-refractivity contribution in [1.82, 2.24) is 10.2 Å². The van der Waals surface area contributed by atoms with Crippen LogP contribution in [0.25, 0.3) is 0 Å². The van der Waals surface area contributed by atoms with Crippen LogP contribution < -0.4 is 5.32 Å². The zero-order valence-electron chi connectivity index (χ0n) is 20.5. The number of hydrogen-bond donors (Lipinski definition) is 1. The summed E-state index contributed by atoms with van der Waals surface area (Å²) in [5, 5.41) is 2.97. The number of carbonyl (C=O) groups excluding carboxylic acids is 3. The minimum atomic E-state index is -1.08. The summed E-state index contributed by atoms with van der Waals surface area (Å²) in [4.78, 5) is 41.3. The third-order valence-electron chi connectivity index (χ3n) is 7.00. The number of carbonyl (C=O) groups is 3. The van der Waals surface area contributed by atoms with Gasteiger partial charge in [0.2, 0.25) is 11.8 Å². The summed E-state index contributed by atoms with van der Waals surface area (Å²) in [5.74, 6) is -1.50. The molecule has 1 fully saturated rings. The van der Waals surface area contributed by atoms with E-state index in [1.54, 1.807) is 12.0 Å². The third kappa shape index (κ3) is 5.87. The van der Waals surface area contributed by atoms with Crippen LogP contribution >= 0.6 is 0 Å². The number of ether oxygens (including phenoxy) is 2. The highest BCUT2D eigenvalue weighted by molar-refractivity contribution is 5.98.